The zero-order valence-electron chi connectivity index (χ0n) is 11.3. The molecule has 1 fully saturated rings. The molecule has 1 aliphatic heterocycles. The van der Waals surface area contributed by atoms with Gasteiger partial charge in [0.2, 0.25) is 11.8 Å². The van der Waals surface area contributed by atoms with Crippen molar-refractivity contribution in [3.8, 4) is 0 Å². The van der Waals surface area contributed by atoms with Crippen molar-refractivity contribution in [1.82, 2.24) is 15.6 Å². The highest BCUT2D eigenvalue weighted by Gasteiger charge is 2.19. The number of hydrogen-bond donors (Lipinski definition) is 2. The number of thioether (sulfide) groups is 1. The lowest BCUT2D eigenvalue weighted by Crippen LogP contribution is -2.48. The normalized spacial score (nSPS) is 18.5. The first-order valence-electron chi connectivity index (χ1n) is 6.75. The standard InChI is InChI=1S/C14H15N3O3S/c18-12-6-5-9(7-15-12)16-13(19)8-21-14-17-10-3-1-2-4-11(10)20-14/h1-4,9H,5-8H2,(H,15,18)(H,16,19). The molecule has 0 saturated carbocycles. The molecule has 2 N–H and O–H groups in total. The number of nitrogens with zero attached hydrogens (tertiary/aromatic N) is 1. The molecule has 1 atom stereocenters. The third-order valence-corrected chi connectivity index (χ3v) is 4.06. The van der Waals surface area contributed by atoms with E-state index in [1.54, 1.807) is 0 Å². The van der Waals surface area contributed by atoms with Gasteiger partial charge in [0.1, 0.15) is 5.52 Å². The maximum absolute atomic E-state index is 11.9. The van der Waals surface area contributed by atoms with Gasteiger partial charge in [-0.3, -0.25) is 9.59 Å². The number of carbonyl (C=O) groups excluding carboxylic acids is 2. The van der Waals surface area contributed by atoms with E-state index >= 15 is 0 Å². The van der Waals surface area contributed by atoms with E-state index < -0.39 is 0 Å². The molecule has 6 nitrogen and oxygen atoms in total. The largest absolute Gasteiger partial charge is 0.431 e. The van der Waals surface area contributed by atoms with Crippen LogP contribution in [0.2, 0.25) is 0 Å². The molecule has 0 radical (unpaired) electrons. The van der Waals surface area contributed by atoms with Crippen molar-refractivity contribution in [1.29, 1.82) is 0 Å². The highest BCUT2D eigenvalue weighted by atomic mass is 32.2. The van der Waals surface area contributed by atoms with Crippen LogP contribution in [0.5, 0.6) is 0 Å². The third-order valence-electron chi connectivity index (χ3n) is 3.23. The Hall–Kier alpha value is -2.02. The lowest BCUT2D eigenvalue weighted by atomic mass is 10.1. The van der Waals surface area contributed by atoms with Gasteiger partial charge in [0.15, 0.2) is 5.58 Å². The van der Waals surface area contributed by atoms with Crippen LogP contribution in [-0.2, 0) is 9.59 Å². The SMILES string of the molecule is O=C1CCC(NC(=O)CSc2nc3ccccc3o2)CN1. The van der Waals surface area contributed by atoms with Crippen molar-refractivity contribution in [3.05, 3.63) is 24.3 Å². The molecule has 2 aromatic rings. The number of aromatic nitrogens is 1. The number of benzene rings is 1. The Bertz CT molecular complexity index is 627. The summed E-state index contributed by atoms with van der Waals surface area (Å²) >= 11 is 1.27. The summed E-state index contributed by atoms with van der Waals surface area (Å²) in [6.45, 7) is 0.498. The molecule has 2 heterocycles. The predicted octanol–water partition coefficient (Wildman–Crippen LogP) is 1.31. The number of fused-ring (bicyclic) bond motifs is 1. The Morgan fingerprint density at radius 2 is 2.33 bits per heavy atom. The summed E-state index contributed by atoms with van der Waals surface area (Å²) in [6.07, 6.45) is 1.15. The first kappa shape index (κ1) is 13.9. The van der Waals surface area contributed by atoms with Crippen LogP contribution >= 0.6 is 11.8 Å². The minimum Gasteiger partial charge on any atom is -0.431 e. The fourth-order valence-corrected chi connectivity index (χ4v) is 2.81. The van der Waals surface area contributed by atoms with Crippen LogP contribution in [0.4, 0.5) is 0 Å². The molecule has 2 amide bonds. The van der Waals surface area contributed by atoms with Gasteiger partial charge in [-0.15, -0.1) is 0 Å². The third kappa shape index (κ3) is 3.55. The topological polar surface area (TPSA) is 84.2 Å². The quantitative estimate of drug-likeness (QED) is 0.832. The number of oxazole rings is 1. The van der Waals surface area contributed by atoms with E-state index in [1.807, 2.05) is 24.3 Å². The number of hydrogen-bond acceptors (Lipinski definition) is 5. The van der Waals surface area contributed by atoms with Crippen LogP contribution in [0.15, 0.2) is 33.9 Å². The fourth-order valence-electron chi connectivity index (χ4n) is 2.17. The van der Waals surface area contributed by atoms with E-state index in [9.17, 15) is 9.59 Å². The lowest BCUT2D eigenvalue weighted by molar-refractivity contribution is -0.124. The average Bonchev–Trinajstić information content (AvgIpc) is 2.90. The summed E-state index contributed by atoms with van der Waals surface area (Å²) in [4.78, 5) is 27.2. The minimum absolute atomic E-state index is 0.0134. The number of para-hydroxylation sites is 2. The second-order valence-corrected chi connectivity index (χ2v) is 5.77. The summed E-state index contributed by atoms with van der Waals surface area (Å²) in [5.74, 6) is 0.210. The van der Waals surface area contributed by atoms with Crippen molar-refractivity contribution < 1.29 is 14.0 Å². The highest BCUT2D eigenvalue weighted by molar-refractivity contribution is 7.99. The molecule has 0 spiro atoms. The summed E-state index contributed by atoms with van der Waals surface area (Å²) in [7, 11) is 0. The molecule has 21 heavy (non-hydrogen) atoms. The Morgan fingerprint density at radius 1 is 1.48 bits per heavy atom. The van der Waals surface area contributed by atoms with Gasteiger partial charge in [0.05, 0.1) is 5.75 Å². The molecule has 7 heteroatoms. The Kier molecular flexibility index (Phi) is 4.10. The zero-order chi connectivity index (χ0) is 14.7. The lowest BCUT2D eigenvalue weighted by Gasteiger charge is -2.23. The number of piperidine rings is 1. The Labute approximate surface area is 125 Å². The van der Waals surface area contributed by atoms with Crippen LogP contribution in [0, 0.1) is 0 Å². The Balaban J connectivity index is 1.50. The van der Waals surface area contributed by atoms with Crippen LogP contribution in [0.1, 0.15) is 12.8 Å². The molecule has 0 aliphatic carbocycles. The molecule has 3 rings (SSSR count). The number of amides is 2. The van der Waals surface area contributed by atoms with Crippen LogP contribution in [0.25, 0.3) is 11.1 Å². The van der Waals surface area contributed by atoms with E-state index in [0.717, 1.165) is 11.1 Å². The molecular formula is C14H15N3O3S. The van der Waals surface area contributed by atoms with E-state index in [2.05, 4.69) is 15.6 Å². The summed E-state index contributed by atoms with van der Waals surface area (Å²) in [6, 6.07) is 7.50. The molecule has 110 valence electrons. The summed E-state index contributed by atoms with van der Waals surface area (Å²) in [5, 5.41) is 6.13. The minimum atomic E-state index is -0.0802. The van der Waals surface area contributed by atoms with Crippen LogP contribution in [-0.4, -0.2) is 35.1 Å². The molecule has 1 aliphatic rings. The van der Waals surface area contributed by atoms with Crippen molar-refractivity contribution in [2.75, 3.05) is 12.3 Å². The highest BCUT2D eigenvalue weighted by Crippen LogP contribution is 2.22. The maximum Gasteiger partial charge on any atom is 0.257 e. The van der Waals surface area contributed by atoms with Gasteiger partial charge in [0.25, 0.3) is 5.22 Å². The number of rotatable bonds is 4. The maximum atomic E-state index is 11.9. The van der Waals surface area contributed by atoms with Gasteiger partial charge in [-0.25, -0.2) is 4.98 Å². The first-order valence-corrected chi connectivity index (χ1v) is 7.74. The predicted molar refractivity (Wildman–Crippen MR) is 78.9 cm³/mol. The molecule has 1 aromatic carbocycles. The van der Waals surface area contributed by atoms with Crippen molar-refractivity contribution >= 4 is 34.7 Å². The van der Waals surface area contributed by atoms with E-state index in [1.165, 1.54) is 11.8 Å². The van der Waals surface area contributed by atoms with Gasteiger partial charge >= 0.3 is 0 Å². The van der Waals surface area contributed by atoms with E-state index in [0.29, 0.717) is 24.6 Å². The second-order valence-electron chi connectivity index (χ2n) is 4.84. The number of carbonyl (C=O) groups is 2. The van der Waals surface area contributed by atoms with Gasteiger partial charge in [-0.05, 0) is 18.6 Å². The summed E-state index contributed by atoms with van der Waals surface area (Å²) < 4.78 is 5.54. The molecule has 1 aromatic heterocycles. The average molecular weight is 305 g/mol. The molecule has 1 unspecified atom stereocenters. The van der Waals surface area contributed by atoms with Gasteiger partial charge in [-0.2, -0.15) is 0 Å². The second kappa shape index (κ2) is 6.17. The van der Waals surface area contributed by atoms with Crippen molar-refractivity contribution in [2.24, 2.45) is 0 Å². The molecule has 0 bridgehead atoms. The molecular weight excluding hydrogens is 290 g/mol. The van der Waals surface area contributed by atoms with Gasteiger partial charge in [0, 0.05) is 19.0 Å². The van der Waals surface area contributed by atoms with Gasteiger partial charge < -0.3 is 15.1 Å². The first-order chi connectivity index (χ1) is 10.2. The van der Waals surface area contributed by atoms with Gasteiger partial charge in [-0.1, -0.05) is 23.9 Å². The van der Waals surface area contributed by atoms with Crippen LogP contribution < -0.4 is 10.6 Å². The smallest absolute Gasteiger partial charge is 0.257 e. The molecule has 1 saturated heterocycles. The van der Waals surface area contributed by atoms with Crippen molar-refractivity contribution in [3.63, 3.8) is 0 Å². The Morgan fingerprint density at radius 3 is 3.10 bits per heavy atom. The summed E-state index contributed by atoms with van der Waals surface area (Å²) in [5.41, 5.74) is 1.51. The van der Waals surface area contributed by atoms with E-state index in [4.69, 9.17) is 4.42 Å². The fraction of sp³-hybridized carbons (Fsp3) is 0.357. The van der Waals surface area contributed by atoms with Crippen molar-refractivity contribution in [2.45, 2.75) is 24.1 Å². The number of nitrogens with one attached hydrogen (secondary N) is 2. The zero-order valence-corrected chi connectivity index (χ0v) is 12.1. The monoisotopic (exact) mass is 305 g/mol. The van der Waals surface area contributed by atoms with Crippen LogP contribution in [0.3, 0.4) is 0 Å². The van der Waals surface area contributed by atoms with E-state index in [-0.39, 0.29) is 23.6 Å².